The summed E-state index contributed by atoms with van der Waals surface area (Å²) < 4.78 is 68.0. The average Bonchev–Trinajstić information content (AvgIpc) is 3.47. The van der Waals surface area contributed by atoms with Gasteiger partial charge >= 0.3 is 6.55 Å². The van der Waals surface area contributed by atoms with Gasteiger partial charge in [-0.25, -0.2) is 18.4 Å². The van der Waals surface area contributed by atoms with E-state index in [1.807, 2.05) is 0 Å². The number of pyridine rings is 1. The van der Waals surface area contributed by atoms with Crippen molar-refractivity contribution >= 4 is 34.7 Å². The lowest BCUT2D eigenvalue weighted by atomic mass is 9.82. The third-order valence-corrected chi connectivity index (χ3v) is 8.48. The van der Waals surface area contributed by atoms with E-state index in [9.17, 15) is 27.9 Å². The molecule has 2 aliphatic rings. The molecule has 2 aromatic heterocycles. The number of aromatic nitrogens is 3. The zero-order valence-electron chi connectivity index (χ0n) is 23.3. The predicted octanol–water partition coefficient (Wildman–Crippen LogP) is 5.26. The number of benzene rings is 2. The molecule has 1 amide bonds. The van der Waals surface area contributed by atoms with Crippen LogP contribution in [-0.2, 0) is 15.8 Å². The number of amides is 1. The van der Waals surface area contributed by atoms with E-state index < -0.39 is 41.5 Å². The molecule has 1 saturated carbocycles. The van der Waals surface area contributed by atoms with Crippen LogP contribution in [0.3, 0.4) is 0 Å². The van der Waals surface area contributed by atoms with Crippen LogP contribution in [0.2, 0.25) is 5.02 Å². The minimum absolute atomic E-state index is 0.0142. The number of carbonyl (C=O) groups is 2. The molecule has 9 nitrogen and oxygen atoms in total. The van der Waals surface area contributed by atoms with Crippen molar-refractivity contribution < 1.29 is 41.7 Å². The van der Waals surface area contributed by atoms with Gasteiger partial charge in [0.25, 0.3) is 5.91 Å². The SMILES string of the molecule is COc1cc(C(=O)NCC(O)(c2cc3c(c(-c4ccc(F)c(Cl)c4)n2)OC[C@]3(C)C=O)C2(F)CC2)cc2cn(C(F)F)nc12. The van der Waals surface area contributed by atoms with Crippen LogP contribution in [0.25, 0.3) is 22.2 Å². The van der Waals surface area contributed by atoms with Gasteiger partial charge in [0, 0.05) is 28.3 Å². The lowest BCUT2D eigenvalue weighted by Crippen LogP contribution is -2.49. The average molecular weight is 633 g/mol. The van der Waals surface area contributed by atoms with Crippen LogP contribution in [0.4, 0.5) is 17.6 Å². The van der Waals surface area contributed by atoms with Gasteiger partial charge in [-0.15, -0.1) is 0 Å². The zero-order chi connectivity index (χ0) is 31.6. The van der Waals surface area contributed by atoms with Crippen molar-refractivity contribution in [2.45, 2.75) is 43.0 Å². The summed E-state index contributed by atoms with van der Waals surface area (Å²) in [6.07, 6.45) is 1.65. The van der Waals surface area contributed by atoms with Crippen LogP contribution in [-0.4, -0.2) is 58.0 Å². The Balaban J connectivity index is 1.40. The first-order valence-electron chi connectivity index (χ1n) is 13.5. The zero-order valence-corrected chi connectivity index (χ0v) is 24.1. The molecule has 4 aromatic rings. The molecular weight excluding hydrogens is 608 g/mol. The third kappa shape index (κ3) is 4.74. The van der Waals surface area contributed by atoms with Gasteiger partial charge in [0.05, 0.1) is 29.8 Å². The van der Waals surface area contributed by atoms with Gasteiger partial charge in [-0.1, -0.05) is 11.6 Å². The minimum Gasteiger partial charge on any atom is -0.494 e. The highest BCUT2D eigenvalue weighted by atomic mass is 35.5. The smallest absolute Gasteiger partial charge is 0.333 e. The summed E-state index contributed by atoms with van der Waals surface area (Å²) in [6, 6.07) is 7.79. The Hall–Kier alpha value is -4.23. The monoisotopic (exact) mass is 632 g/mol. The van der Waals surface area contributed by atoms with Crippen molar-refractivity contribution in [2.24, 2.45) is 0 Å². The van der Waals surface area contributed by atoms with E-state index in [2.05, 4.69) is 15.4 Å². The molecule has 0 spiro atoms. The Morgan fingerprint density at radius 3 is 2.68 bits per heavy atom. The fourth-order valence-electron chi connectivity index (χ4n) is 5.37. The van der Waals surface area contributed by atoms with Gasteiger partial charge < -0.3 is 24.7 Å². The van der Waals surface area contributed by atoms with E-state index in [-0.39, 0.29) is 63.8 Å². The molecule has 1 aliphatic heterocycles. The molecular formula is C30H25ClF4N4O5. The van der Waals surface area contributed by atoms with Crippen molar-refractivity contribution in [2.75, 3.05) is 20.3 Å². The van der Waals surface area contributed by atoms with Crippen LogP contribution in [0, 0.1) is 5.82 Å². The maximum atomic E-state index is 16.1. The van der Waals surface area contributed by atoms with Crippen LogP contribution in [0.5, 0.6) is 11.5 Å². The number of nitrogens with one attached hydrogen (secondary N) is 1. The van der Waals surface area contributed by atoms with Crippen molar-refractivity contribution in [1.82, 2.24) is 20.1 Å². The number of fused-ring (bicyclic) bond motifs is 2. The molecule has 6 rings (SSSR count). The van der Waals surface area contributed by atoms with Gasteiger partial charge in [-0.05, 0) is 56.2 Å². The number of nitrogens with zero attached hydrogens (tertiary/aromatic N) is 3. The summed E-state index contributed by atoms with van der Waals surface area (Å²) in [7, 11) is 1.29. The molecule has 14 heteroatoms. The number of hydrogen-bond acceptors (Lipinski definition) is 7. The summed E-state index contributed by atoms with van der Waals surface area (Å²) >= 11 is 6.02. The number of hydrogen-bond donors (Lipinski definition) is 2. The highest BCUT2D eigenvalue weighted by Crippen LogP contribution is 2.55. The summed E-state index contributed by atoms with van der Waals surface area (Å²) in [5, 5.41) is 18.3. The number of ether oxygens (including phenoxy) is 2. The van der Waals surface area contributed by atoms with Crippen LogP contribution < -0.4 is 14.8 Å². The molecule has 0 bridgehead atoms. The van der Waals surface area contributed by atoms with Gasteiger partial charge in [-0.3, -0.25) is 4.79 Å². The minimum atomic E-state index is -2.92. The largest absolute Gasteiger partial charge is 0.494 e. The van der Waals surface area contributed by atoms with Crippen molar-refractivity contribution in [3.63, 3.8) is 0 Å². The molecule has 0 radical (unpaired) electrons. The Kier molecular flexibility index (Phi) is 7.08. The predicted molar refractivity (Wildman–Crippen MR) is 150 cm³/mol. The maximum absolute atomic E-state index is 16.1. The van der Waals surface area contributed by atoms with Gasteiger partial charge in [0.1, 0.15) is 47.1 Å². The second-order valence-electron chi connectivity index (χ2n) is 11.2. The van der Waals surface area contributed by atoms with E-state index in [0.717, 1.165) is 12.3 Å². The molecule has 3 heterocycles. The van der Waals surface area contributed by atoms with Crippen LogP contribution >= 0.6 is 11.6 Å². The summed E-state index contributed by atoms with van der Waals surface area (Å²) in [5.41, 5.74) is -5.09. The highest BCUT2D eigenvalue weighted by Gasteiger charge is 2.62. The number of aliphatic hydroxyl groups is 1. The molecule has 2 atom stereocenters. The van der Waals surface area contributed by atoms with E-state index >= 15 is 4.39 Å². The van der Waals surface area contributed by atoms with Crippen molar-refractivity contribution in [1.29, 1.82) is 0 Å². The molecule has 1 unspecified atom stereocenters. The van der Waals surface area contributed by atoms with Crippen LogP contribution in [0.1, 0.15) is 47.9 Å². The van der Waals surface area contributed by atoms with E-state index in [0.29, 0.717) is 22.1 Å². The number of alkyl halides is 3. The number of methoxy groups -OCH3 is 1. The lowest BCUT2D eigenvalue weighted by molar-refractivity contribution is -0.112. The molecule has 2 N–H and O–H groups in total. The number of aldehydes is 1. The Morgan fingerprint density at radius 2 is 2.05 bits per heavy atom. The second kappa shape index (κ2) is 10.4. The van der Waals surface area contributed by atoms with E-state index in [1.165, 1.54) is 37.4 Å². The molecule has 1 fully saturated rings. The standard InChI is InChI=1S/C30H25ClF4N4O5/c1-28(13-40)14-44-25-18(28)10-22(37-24(25)15-3-4-20(32)19(31)8-15)30(42,29(35)5-6-29)12-36-26(41)16-7-17-11-39(27(33)34)38-23(17)21(9-16)43-2/h3-4,7-11,13,27,42H,5-6,12,14H2,1-2H3,(H,36,41)/t28-,30?/m0/s1. The van der Waals surface area contributed by atoms with Crippen LogP contribution in [0.15, 0.2) is 42.6 Å². The second-order valence-corrected chi connectivity index (χ2v) is 11.6. The Labute approximate surface area is 252 Å². The molecule has 44 heavy (non-hydrogen) atoms. The topological polar surface area (TPSA) is 116 Å². The van der Waals surface area contributed by atoms with E-state index in [1.54, 1.807) is 6.92 Å². The quantitative estimate of drug-likeness (QED) is 0.191. The molecule has 1 aliphatic carbocycles. The molecule has 0 saturated heterocycles. The summed E-state index contributed by atoms with van der Waals surface area (Å²) in [6.45, 7) is -2.00. The van der Waals surface area contributed by atoms with Gasteiger partial charge in [0.15, 0.2) is 5.60 Å². The summed E-state index contributed by atoms with van der Waals surface area (Å²) in [5.74, 6) is -1.18. The Bertz CT molecular complexity index is 1830. The van der Waals surface area contributed by atoms with Crippen molar-refractivity contribution in [3.05, 3.63) is 70.3 Å². The first-order chi connectivity index (χ1) is 20.8. The molecule has 2 aromatic carbocycles. The van der Waals surface area contributed by atoms with E-state index in [4.69, 9.17) is 21.1 Å². The van der Waals surface area contributed by atoms with Gasteiger partial charge in [-0.2, -0.15) is 13.9 Å². The normalized spacial score (nSPS) is 19.8. The van der Waals surface area contributed by atoms with Crippen molar-refractivity contribution in [3.8, 4) is 22.8 Å². The first-order valence-corrected chi connectivity index (χ1v) is 13.9. The Morgan fingerprint density at radius 1 is 1.30 bits per heavy atom. The van der Waals surface area contributed by atoms with Gasteiger partial charge in [0.2, 0.25) is 0 Å². The molecule has 230 valence electrons. The fourth-order valence-corrected chi connectivity index (χ4v) is 5.55. The summed E-state index contributed by atoms with van der Waals surface area (Å²) in [4.78, 5) is 30.0. The fraction of sp³-hybridized carbons (Fsp3) is 0.333. The number of halogens is 5. The highest BCUT2D eigenvalue weighted by molar-refractivity contribution is 6.31. The maximum Gasteiger partial charge on any atom is 0.333 e. The lowest BCUT2D eigenvalue weighted by Gasteiger charge is -2.32. The third-order valence-electron chi connectivity index (χ3n) is 8.19. The number of carbonyl (C=O) groups excluding carboxylic acids is 2. The first kappa shape index (κ1) is 29.8. The number of rotatable bonds is 9.